The van der Waals surface area contributed by atoms with Crippen molar-refractivity contribution in [1.82, 2.24) is 5.32 Å². The second kappa shape index (κ2) is 7.01. The molecular formula is C18H19ClN2O3. The topological polar surface area (TPSA) is 72.2 Å². The molecule has 0 saturated carbocycles. The number of halogens is 1. The number of non-ortho nitro benzene ring substituents is 1. The van der Waals surface area contributed by atoms with E-state index in [0.29, 0.717) is 22.6 Å². The Labute approximate surface area is 145 Å². The standard InChI is InChI=1S/C18H19ClN2O3/c1-12-10-14(21(23)24)8-9-15(12)17(22)20-18(2,3)11-13-6-4-5-7-16(13)19/h4-10H,11H2,1-3H3,(H,20,22). The summed E-state index contributed by atoms with van der Waals surface area (Å²) in [5.41, 5.74) is 1.39. The van der Waals surface area contributed by atoms with Crippen LogP contribution in [0.3, 0.4) is 0 Å². The quantitative estimate of drug-likeness (QED) is 0.647. The molecule has 0 radical (unpaired) electrons. The van der Waals surface area contributed by atoms with Gasteiger partial charge in [0.2, 0.25) is 0 Å². The van der Waals surface area contributed by atoms with Crippen molar-refractivity contribution in [2.45, 2.75) is 32.7 Å². The fourth-order valence-corrected chi connectivity index (χ4v) is 2.76. The van der Waals surface area contributed by atoms with Gasteiger partial charge >= 0.3 is 0 Å². The predicted molar refractivity (Wildman–Crippen MR) is 94.5 cm³/mol. The van der Waals surface area contributed by atoms with Gasteiger partial charge in [-0.1, -0.05) is 29.8 Å². The molecule has 0 aromatic heterocycles. The molecule has 2 aromatic carbocycles. The molecule has 24 heavy (non-hydrogen) atoms. The average Bonchev–Trinajstić information content (AvgIpc) is 2.48. The van der Waals surface area contributed by atoms with Crippen LogP contribution in [0.2, 0.25) is 5.02 Å². The lowest BCUT2D eigenvalue weighted by Gasteiger charge is -2.27. The minimum absolute atomic E-state index is 0.0284. The van der Waals surface area contributed by atoms with Crippen molar-refractivity contribution in [3.05, 3.63) is 74.3 Å². The third kappa shape index (κ3) is 4.32. The lowest BCUT2D eigenvalue weighted by atomic mass is 9.94. The van der Waals surface area contributed by atoms with Crippen LogP contribution in [0, 0.1) is 17.0 Å². The molecule has 0 aliphatic rings. The zero-order valence-electron chi connectivity index (χ0n) is 13.8. The van der Waals surface area contributed by atoms with Gasteiger partial charge in [0.15, 0.2) is 0 Å². The molecule has 0 aliphatic carbocycles. The molecule has 2 aromatic rings. The smallest absolute Gasteiger partial charge is 0.269 e. The van der Waals surface area contributed by atoms with E-state index in [1.165, 1.54) is 18.2 Å². The van der Waals surface area contributed by atoms with Gasteiger partial charge in [0.25, 0.3) is 11.6 Å². The largest absolute Gasteiger partial charge is 0.347 e. The van der Waals surface area contributed by atoms with Gasteiger partial charge in [-0.05, 0) is 50.5 Å². The maximum Gasteiger partial charge on any atom is 0.269 e. The molecule has 1 N–H and O–H groups in total. The van der Waals surface area contributed by atoms with Crippen molar-refractivity contribution in [2.24, 2.45) is 0 Å². The number of rotatable bonds is 5. The molecule has 0 saturated heterocycles. The van der Waals surface area contributed by atoms with Crippen molar-refractivity contribution >= 4 is 23.2 Å². The predicted octanol–water partition coefficient (Wildman–Crippen LogP) is 4.31. The van der Waals surface area contributed by atoms with E-state index in [-0.39, 0.29) is 11.6 Å². The van der Waals surface area contributed by atoms with Crippen LogP contribution in [-0.4, -0.2) is 16.4 Å². The number of amides is 1. The first kappa shape index (κ1) is 17.9. The van der Waals surface area contributed by atoms with Crippen molar-refractivity contribution in [1.29, 1.82) is 0 Å². The summed E-state index contributed by atoms with van der Waals surface area (Å²) < 4.78 is 0. The van der Waals surface area contributed by atoms with Crippen LogP contribution >= 0.6 is 11.6 Å². The molecule has 0 bridgehead atoms. The number of nitrogens with zero attached hydrogens (tertiary/aromatic N) is 1. The van der Waals surface area contributed by atoms with E-state index in [9.17, 15) is 14.9 Å². The van der Waals surface area contributed by atoms with Crippen LogP contribution in [0.15, 0.2) is 42.5 Å². The molecule has 6 heteroatoms. The van der Waals surface area contributed by atoms with Crippen LogP contribution in [0.25, 0.3) is 0 Å². The number of nitro groups is 1. The lowest BCUT2D eigenvalue weighted by Crippen LogP contribution is -2.45. The summed E-state index contributed by atoms with van der Waals surface area (Å²) in [7, 11) is 0. The Hall–Kier alpha value is -2.40. The number of hydrogen-bond acceptors (Lipinski definition) is 3. The Kier molecular flexibility index (Phi) is 5.24. The van der Waals surface area contributed by atoms with Crippen molar-refractivity contribution in [2.75, 3.05) is 0 Å². The van der Waals surface area contributed by atoms with E-state index in [2.05, 4.69) is 5.32 Å². The van der Waals surface area contributed by atoms with E-state index in [0.717, 1.165) is 5.56 Å². The molecular weight excluding hydrogens is 328 g/mol. The number of hydrogen-bond donors (Lipinski definition) is 1. The SMILES string of the molecule is Cc1cc([N+](=O)[O-])ccc1C(=O)NC(C)(C)Cc1ccccc1Cl. The zero-order chi connectivity index (χ0) is 17.9. The van der Waals surface area contributed by atoms with Gasteiger partial charge in [-0.3, -0.25) is 14.9 Å². The summed E-state index contributed by atoms with van der Waals surface area (Å²) in [6, 6.07) is 11.7. The molecule has 2 rings (SSSR count). The van der Waals surface area contributed by atoms with E-state index in [4.69, 9.17) is 11.6 Å². The van der Waals surface area contributed by atoms with Crippen LogP contribution < -0.4 is 5.32 Å². The summed E-state index contributed by atoms with van der Waals surface area (Å²) in [6.45, 7) is 5.51. The molecule has 0 unspecified atom stereocenters. The molecule has 0 spiro atoms. The molecule has 0 aliphatic heterocycles. The zero-order valence-corrected chi connectivity index (χ0v) is 14.6. The summed E-state index contributed by atoms with van der Waals surface area (Å²) in [6.07, 6.45) is 0.574. The van der Waals surface area contributed by atoms with E-state index < -0.39 is 10.5 Å². The maximum atomic E-state index is 12.5. The summed E-state index contributed by atoms with van der Waals surface area (Å²) in [4.78, 5) is 22.8. The van der Waals surface area contributed by atoms with Gasteiger partial charge in [0.05, 0.1) is 4.92 Å². The lowest BCUT2D eigenvalue weighted by molar-refractivity contribution is -0.384. The number of aryl methyl sites for hydroxylation is 1. The Bertz CT molecular complexity index is 788. The van der Waals surface area contributed by atoms with Gasteiger partial charge in [-0.25, -0.2) is 0 Å². The Balaban J connectivity index is 2.16. The minimum atomic E-state index is -0.518. The fraction of sp³-hybridized carbons (Fsp3) is 0.278. The minimum Gasteiger partial charge on any atom is -0.347 e. The number of carbonyl (C=O) groups excluding carboxylic acids is 1. The summed E-state index contributed by atoms with van der Waals surface area (Å²) in [5.74, 6) is -0.264. The van der Waals surface area contributed by atoms with Crippen LogP contribution in [0.5, 0.6) is 0 Å². The first-order valence-corrected chi connectivity index (χ1v) is 7.88. The van der Waals surface area contributed by atoms with Gasteiger partial charge in [0.1, 0.15) is 0 Å². The average molecular weight is 347 g/mol. The number of nitro benzene ring substituents is 1. The first-order valence-electron chi connectivity index (χ1n) is 7.50. The van der Waals surface area contributed by atoms with E-state index >= 15 is 0 Å². The van der Waals surface area contributed by atoms with Crippen molar-refractivity contribution in [3.8, 4) is 0 Å². The normalized spacial score (nSPS) is 11.2. The first-order chi connectivity index (χ1) is 11.2. The fourth-order valence-electron chi connectivity index (χ4n) is 2.55. The van der Waals surface area contributed by atoms with E-state index in [1.54, 1.807) is 6.92 Å². The molecule has 0 fully saturated rings. The number of nitrogens with one attached hydrogen (secondary N) is 1. The van der Waals surface area contributed by atoms with Gasteiger partial charge in [-0.15, -0.1) is 0 Å². The van der Waals surface area contributed by atoms with Crippen LogP contribution in [0.4, 0.5) is 5.69 Å². The highest BCUT2D eigenvalue weighted by molar-refractivity contribution is 6.31. The molecule has 5 nitrogen and oxygen atoms in total. The Morgan fingerprint density at radius 3 is 2.50 bits per heavy atom. The molecule has 126 valence electrons. The number of carbonyl (C=O) groups is 1. The third-order valence-corrected chi connectivity index (χ3v) is 4.08. The second-order valence-corrected chi connectivity index (χ2v) is 6.77. The highest BCUT2D eigenvalue weighted by atomic mass is 35.5. The monoisotopic (exact) mass is 346 g/mol. The van der Waals surface area contributed by atoms with Gasteiger partial charge in [-0.2, -0.15) is 0 Å². The van der Waals surface area contributed by atoms with Gasteiger partial charge in [0, 0.05) is 28.3 Å². The highest BCUT2D eigenvalue weighted by Crippen LogP contribution is 2.22. The third-order valence-electron chi connectivity index (χ3n) is 3.71. The second-order valence-electron chi connectivity index (χ2n) is 6.36. The Morgan fingerprint density at radius 2 is 1.92 bits per heavy atom. The summed E-state index contributed by atoms with van der Waals surface area (Å²) >= 11 is 6.18. The van der Waals surface area contributed by atoms with Crippen LogP contribution in [0.1, 0.15) is 35.3 Å². The van der Waals surface area contributed by atoms with Crippen molar-refractivity contribution < 1.29 is 9.72 Å². The summed E-state index contributed by atoms with van der Waals surface area (Å²) in [5, 5.41) is 14.4. The van der Waals surface area contributed by atoms with Gasteiger partial charge < -0.3 is 5.32 Å². The van der Waals surface area contributed by atoms with E-state index in [1.807, 2.05) is 38.1 Å². The Morgan fingerprint density at radius 1 is 1.25 bits per heavy atom. The van der Waals surface area contributed by atoms with Crippen LogP contribution in [-0.2, 0) is 6.42 Å². The molecule has 0 atom stereocenters. The maximum absolute atomic E-state index is 12.5. The number of benzene rings is 2. The highest BCUT2D eigenvalue weighted by Gasteiger charge is 2.24. The molecule has 1 amide bonds. The molecule has 0 heterocycles. The van der Waals surface area contributed by atoms with Crippen molar-refractivity contribution in [3.63, 3.8) is 0 Å².